The molecule has 1 amide bonds. The molecule has 0 heterocycles. The lowest BCUT2D eigenvalue weighted by Crippen LogP contribution is -2.07. The van der Waals surface area contributed by atoms with Gasteiger partial charge in [-0.25, -0.2) is 0 Å². The molecule has 0 unspecified atom stereocenters. The second-order valence-electron chi connectivity index (χ2n) is 3.16. The van der Waals surface area contributed by atoms with Crippen LogP contribution >= 0.6 is 10.7 Å². The third-order valence-corrected chi connectivity index (χ3v) is 1.72. The third kappa shape index (κ3) is 9.11. The van der Waals surface area contributed by atoms with E-state index in [2.05, 4.69) is 16.0 Å². The lowest BCUT2D eigenvalue weighted by Gasteiger charge is -2.10. The molecule has 2 N–H and O–H groups in total. The van der Waals surface area contributed by atoms with Gasteiger partial charge in [-0.15, -0.1) is 0 Å². The lowest BCUT2D eigenvalue weighted by molar-refractivity contribution is -0.114. The number of anilines is 1. The standard InChI is InChI=1S/C10H13NO3.ClHO3S/c1-7(12)11-9-6-8(13-2)4-5-10(9)14-3;1-5(2,3)4/h4-6H,1-3H3,(H,11,12);(H,2,3,4). The zero-order chi connectivity index (χ0) is 15.1. The second-order valence-corrected chi connectivity index (χ2v) is 5.15. The first kappa shape index (κ1) is 17.5. The molecule has 9 heteroatoms. The van der Waals surface area contributed by atoms with Crippen LogP contribution in [-0.2, 0) is 14.1 Å². The summed E-state index contributed by atoms with van der Waals surface area (Å²) < 4.78 is 35.3. The van der Waals surface area contributed by atoms with E-state index in [9.17, 15) is 4.79 Å². The predicted molar refractivity (Wildman–Crippen MR) is 71.3 cm³/mol. The first-order valence-electron chi connectivity index (χ1n) is 4.84. The van der Waals surface area contributed by atoms with Crippen molar-refractivity contribution in [3.05, 3.63) is 18.2 Å². The zero-order valence-electron chi connectivity index (χ0n) is 10.5. The molecule has 0 aromatic heterocycles. The van der Waals surface area contributed by atoms with Gasteiger partial charge in [0.2, 0.25) is 5.91 Å². The van der Waals surface area contributed by atoms with Gasteiger partial charge in [-0.3, -0.25) is 9.35 Å². The van der Waals surface area contributed by atoms with Crippen LogP contribution in [-0.4, -0.2) is 33.1 Å². The molecule has 19 heavy (non-hydrogen) atoms. The summed E-state index contributed by atoms with van der Waals surface area (Å²) in [6.45, 7) is 1.44. The summed E-state index contributed by atoms with van der Waals surface area (Å²) >= 11 is 0. The Bertz CT molecular complexity index is 523. The molecule has 0 bridgehead atoms. The first-order chi connectivity index (χ1) is 8.67. The van der Waals surface area contributed by atoms with Gasteiger partial charge in [0.1, 0.15) is 11.5 Å². The van der Waals surface area contributed by atoms with Crippen LogP contribution in [0.15, 0.2) is 18.2 Å². The summed E-state index contributed by atoms with van der Waals surface area (Å²) in [6, 6.07) is 5.22. The molecule has 1 aromatic rings. The molecule has 0 saturated carbocycles. The Hall–Kier alpha value is -1.51. The normalized spacial score (nSPS) is 9.95. The van der Waals surface area contributed by atoms with Crippen LogP contribution in [0, 0.1) is 0 Å². The highest BCUT2D eigenvalue weighted by Crippen LogP contribution is 2.28. The Morgan fingerprint density at radius 3 is 2.21 bits per heavy atom. The highest BCUT2D eigenvalue weighted by molar-refractivity contribution is 8.09. The smallest absolute Gasteiger partial charge is 0.353 e. The van der Waals surface area contributed by atoms with E-state index in [1.165, 1.54) is 6.92 Å². The van der Waals surface area contributed by atoms with E-state index in [-0.39, 0.29) is 5.91 Å². The monoisotopic (exact) mass is 311 g/mol. The van der Waals surface area contributed by atoms with Gasteiger partial charge in [0, 0.05) is 23.7 Å². The number of hydrogen-bond acceptors (Lipinski definition) is 5. The number of amides is 1. The Morgan fingerprint density at radius 1 is 1.32 bits per heavy atom. The fourth-order valence-electron chi connectivity index (χ4n) is 1.10. The van der Waals surface area contributed by atoms with Gasteiger partial charge in [0.05, 0.1) is 19.9 Å². The van der Waals surface area contributed by atoms with Crippen LogP contribution in [0.4, 0.5) is 5.69 Å². The SMILES string of the molecule is COc1ccc(OC)c(NC(C)=O)c1.O=S(=O)(O)Cl. The van der Waals surface area contributed by atoms with E-state index in [1.54, 1.807) is 32.4 Å². The molecule has 0 fully saturated rings. The maximum Gasteiger partial charge on any atom is 0.353 e. The number of halogens is 1. The van der Waals surface area contributed by atoms with Crippen LogP contribution in [0.5, 0.6) is 11.5 Å². The number of benzene rings is 1. The van der Waals surface area contributed by atoms with Gasteiger partial charge < -0.3 is 14.8 Å². The summed E-state index contributed by atoms with van der Waals surface area (Å²) in [5.41, 5.74) is 0.611. The lowest BCUT2D eigenvalue weighted by atomic mass is 10.2. The summed E-state index contributed by atoms with van der Waals surface area (Å²) in [6.07, 6.45) is 0. The van der Waals surface area contributed by atoms with Crippen LogP contribution < -0.4 is 14.8 Å². The maximum absolute atomic E-state index is 10.9. The number of rotatable bonds is 3. The second kappa shape index (κ2) is 7.82. The molecule has 108 valence electrons. The Balaban J connectivity index is 0.000000555. The largest absolute Gasteiger partial charge is 0.497 e. The molecule has 0 spiro atoms. The average Bonchev–Trinajstić information content (AvgIpc) is 2.26. The molecule has 0 aliphatic carbocycles. The van der Waals surface area contributed by atoms with Gasteiger partial charge in [-0.1, -0.05) is 0 Å². The van der Waals surface area contributed by atoms with Crippen molar-refractivity contribution in [3.63, 3.8) is 0 Å². The minimum atomic E-state index is -4.19. The number of methoxy groups -OCH3 is 2. The minimum absolute atomic E-state index is 0.142. The van der Waals surface area contributed by atoms with Gasteiger partial charge >= 0.3 is 9.33 Å². The molecule has 1 rings (SSSR count). The number of carbonyl (C=O) groups is 1. The summed E-state index contributed by atoms with van der Waals surface area (Å²) in [4.78, 5) is 10.9. The van der Waals surface area contributed by atoms with Gasteiger partial charge in [0.15, 0.2) is 0 Å². The number of carbonyl (C=O) groups excluding carboxylic acids is 1. The molecule has 1 aromatic carbocycles. The van der Waals surface area contributed by atoms with Crippen molar-refractivity contribution in [2.45, 2.75) is 6.92 Å². The molecule has 0 atom stereocenters. The van der Waals surface area contributed by atoms with Gasteiger partial charge in [-0.2, -0.15) is 8.42 Å². The fourth-order valence-corrected chi connectivity index (χ4v) is 1.10. The fraction of sp³-hybridized carbons (Fsp3) is 0.300. The molecule has 0 aliphatic rings. The van der Waals surface area contributed by atoms with Gasteiger partial charge in [0.25, 0.3) is 0 Å². The number of ether oxygens (including phenoxy) is 2. The summed E-state index contributed by atoms with van der Waals surface area (Å²) in [5.74, 6) is 1.15. The summed E-state index contributed by atoms with van der Waals surface area (Å²) in [7, 11) is 2.98. The number of hydrogen-bond donors (Lipinski definition) is 2. The Morgan fingerprint density at radius 2 is 1.84 bits per heavy atom. The molecular weight excluding hydrogens is 298 g/mol. The molecule has 0 saturated heterocycles. The predicted octanol–water partition coefficient (Wildman–Crippen LogP) is 1.69. The van der Waals surface area contributed by atoms with E-state index in [0.717, 1.165) is 0 Å². The van der Waals surface area contributed by atoms with E-state index >= 15 is 0 Å². The third-order valence-electron chi connectivity index (χ3n) is 1.72. The molecule has 0 radical (unpaired) electrons. The van der Waals surface area contributed by atoms with Gasteiger partial charge in [-0.05, 0) is 12.1 Å². The Labute approximate surface area is 115 Å². The van der Waals surface area contributed by atoms with Crippen molar-refractivity contribution < 1.29 is 27.2 Å². The van der Waals surface area contributed by atoms with Crippen LogP contribution in [0.2, 0.25) is 0 Å². The topological polar surface area (TPSA) is 102 Å². The average molecular weight is 312 g/mol. The minimum Gasteiger partial charge on any atom is -0.497 e. The summed E-state index contributed by atoms with van der Waals surface area (Å²) in [5, 5.41) is 2.66. The maximum atomic E-state index is 10.9. The van der Waals surface area contributed by atoms with Crippen LogP contribution in [0.25, 0.3) is 0 Å². The highest BCUT2D eigenvalue weighted by atomic mass is 35.7. The van der Waals surface area contributed by atoms with Crippen molar-refractivity contribution in [2.24, 2.45) is 0 Å². The molecular formula is C10H14ClNO6S. The molecule has 7 nitrogen and oxygen atoms in total. The highest BCUT2D eigenvalue weighted by Gasteiger charge is 2.05. The van der Waals surface area contributed by atoms with Crippen molar-refractivity contribution in [3.8, 4) is 11.5 Å². The quantitative estimate of drug-likeness (QED) is 0.650. The molecule has 0 aliphatic heterocycles. The number of nitrogens with one attached hydrogen (secondary N) is 1. The van der Waals surface area contributed by atoms with Crippen molar-refractivity contribution in [1.29, 1.82) is 0 Å². The van der Waals surface area contributed by atoms with E-state index < -0.39 is 9.33 Å². The van der Waals surface area contributed by atoms with Crippen LogP contribution in [0.1, 0.15) is 6.92 Å². The van der Waals surface area contributed by atoms with Crippen molar-refractivity contribution >= 4 is 31.6 Å². The Kier molecular flexibility index (Phi) is 7.20. The van der Waals surface area contributed by atoms with Crippen LogP contribution in [0.3, 0.4) is 0 Å². The van der Waals surface area contributed by atoms with E-state index in [1.807, 2.05) is 0 Å². The van der Waals surface area contributed by atoms with Crippen molar-refractivity contribution in [2.75, 3.05) is 19.5 Å². The van der Waals surface area contributed by atoms with Crippen molar-refractivity contribution in [1.82, 2.24) is 0 Å². The zero-order valence-corrected chi connectivity index (χ0v) is 12.1. The van der Waals surface area contributed by atoms with E-state index in [4.69, 9.17) is 22.4 Å². The first-order valence-corrected chi connectivity index (χ1v) is 7.10. The van der Waals surface area contributed by atoms with E-state index in [0.29, 0.717) is 17.2 Å².